The highest BCUT2D eigenvalue weighted by Crippen LogP contribution is 2.19. The van der Waals surface area contributed by atoms with E-state index < -0.39 is 25.2 Å². The van der Waals surface area contributed by atoms with Gasteiger partial charge in [-0.15, -0.1) is 0 Å². The Bertz CT molecular complexity index is 420. The summed E-state index contributed by atoms with van der Waals surface area (Å²) in [5, 5.41) is 8.76. The average Bonchev–Trinajstić information content (AvgIpc) is 2.74. The number of amides is 1. The molecule has 1 aromatic rings. The van der Waals surface area contributed by atoms with Crippen LogP contribution >= 0.6 is 0 Å². The number of furan rings is 1. The molecule has 0 atom stereocenters. The van der Waals surface area contributed by atoms with Crippen molar-refractivity contribution in [1.29, 1.82) is 0 Å². The number of halogens is 3. The van der Waals surface area contributed by atoms with Crippen LogP contribution in [0.2, 0.25) is 0 Å². The van der Waals surface area contributed by atoms with Gasteiger partial charge in [-0.1, -0.05) is 0 Å². The molecule has 0 spiro atoms. The van der Waals surface area contributed by atoms with E-state index in [-0.39, 0.29) is 24.4 Å². The predicted molar refractivity (Wildman–Crippen MR) is 58.8 cm³/mol. The van der Waals surface area contributed by atoms with Crippen molar-refractivity contribution in [2.24, 2.45) is 5.84 Å². The Hall–Kier alpha value is -1.58. The largest absolute Gasteiger partial charge is 0.459 e. The molecule has 0 saturated heterocycles. The molecule has 6 nitrogen and oxygen atoms in total. The minimum absolute atomic E-state index is 0.146. The van der Waals surface area contributed by atoms with E-state index in [2.05, 4.69) is 0 Å². The summed E-state index contributed by atoms with van der Waals surface area (Å²) in [7, 11) is 0. The molecular formula is C10H14F3N3O3. The van der Waals surface area contributed by atoms with Crippen molar-refractivity contribution in [3.63, 3.8) is 0 Å². The average molecular weight is 281 g/mol. The molecule has 1 rings (SSSR count). The van der Waals surface area contributed by atoms with Crippen LogP contribution in [0.1, 0.15) is 16.1 Å². The van der Waals surface area contributed by atoms with Crippen molar-refractivity contribution in [1.82, 2.24) is 10.3 Å². The van der Waals surface area contributed by atoms with E-state index in [4.69, 9.17) is 15.4 Å². The summed E-state index contributed by atoms with van der Waals surface area (Å²) in [6.45, 7) is -1.97. The maximum absolute atomic E-state index is 12.3. The van der Waals surface area contributed by atoms with Gasteiger partial charge in [-0.3, -0.25) is 15.1 Å². The Balaban J connectivity index is 2.79. The predicted octanol–water partition coefficient (Wildman–Crippen LogP) is 0.240. The van der Waals surface area contributed by atoms with Crippen molar-refractivity contribution in [3.05, 3.63) is 23.7 Å². The molecule has 0 saturated carbocycles. The number of hydrogen-bond donors (Lipinski definition) is 3. The highest BCUT2D eigenvalue weighted by Gasteiger charge is 2.31. The fraction of sp³-hybridized carbons (Fsp3) is 0.500. The van der Waals surface area contributed by atoms with Crippen LogP contribution in [0, 0.1) is 0 Å². The van der Waals surface area contributed by atoms with E-state index in [0.29, 0.717) is 0 Å². The number of nitrogens with zero attached hydrogens (tertiary/aromatic N) is 1. The number of alkyl halides is 3. The molecule has 0 bridgehead atoms. The second-order valence-corrected chi connectivity index (χ2v) is 3.80. The van der Waals surface area contributed by atoms with Crippen LogP contribution in [0.15, 0.2) is 16.7 Å². The molecule has 19 heavy (non-hydrogen) atoms. The van der Waals surface area contributed by atoms with Crippen LogP contribution in [0.25, 0.3) is 0 Å². The van der Waals surface area contributed by atoms with E-state index in [1.807, 2.05) is 5.43 Å². The Kier molecular flexibility index (Phi) is 5.33. The zero-order chi connectivity index (χ0) is 14.5. The van der Waals surface area contributed by atoms with Crippen LogP contribution < -0.4 is 11.3 Å². The minimum atomic E-state index is -4.39. The van der Waals surface area contributed by atoms with Gasteiger partial charge in [-0.05, 0) is 6.07 Å². The number of carbonyl (C=O) groups excluding carboxylic acids is 1. The number of carbonyl (C=O) groups is 1. The van der Waals surface area contributed by atoms with E-state index >= 15 is 0 Å². The Morgan fingerprint density at radius 1 is 1.53 bits per heavy atom. The second-order valence-electron chi connectivity index (χ2n) is 3.80. The lowest BCUT2D eigenvalue weighted by atomic mass is 10.2. The molecular weight excluding hydrogens is 267 g/mol. The molecule has 9 heteroatoms. The third-order valence-corrected chi connectivity index (χ3v) is 2.30. The fourth-order valence-electron chi connectivity index (χ4n) is 1.57. The lowest BCUT2D eigenvalue weighted by Crippen LogP contribution is -2.36. The number of hydrazine groups is 1. The monoisotopic (exact) mass is 281 g/mol. The number of nitrogen functional groups attached to an aromatic ring is 1. The summed E-state index contributed by atoms with van der Waals surface area (Å²) in [6.07, 6.45) is -3.21. The SMILES string of the molecule is NNC(=O)c1occc1CN(CCO)CC(F)(F)F. The normalized spacial score (nSPS) is 11.9. The smallest absolute Gasteiger partial charge is 0.401 e. The van der Waals surface area contributed by atoms with Crippen LogP contribution in [0.5, 0.6) is 0 Å². The van der Waals surface area contributed by atoms with Gasteiger partial charge in [0.1, 0.15) is 0 Å². The number of hydrogen-bond acceptors (Lipinski definition) is 5. The van der Waals surface area contributed by atoms with E-state index in [9.17, 15) is 18.0 Å². The summed E-state index contributed by atoms with van der Waals surface area (Å²) in [4.78, 5) is 12.3. The van der Waals surface area contributed by atoms with Crippen LogP contribution in [-0.4, -0.2) is 41.8 Å². The highest BCUT2D eigenvalue weighted by molar-refractivity contribution is 5.92. The van der Waals surface area contributed by atoms with E-state index in [1.165, 1.54) is 12.3 Å². The lowest BCUT2D eigenvalue weighted by Gasteiger charge is -2.22. The highest BCUT2D eigenvalue weighted by atomic mass is 19.4. The summed E-state index contributed by atoms with van der Waals surface area (Å²) >= 11 is 0. The molecule has 1 aromatic heterocycles. The molecule has 0 aliphatic rings. The van der Waals surface area contributed by atoms with Crippen molar-refractivity contribution >= 4 is 5.91 Å². The molecule has 0 aliphatic heterocycles. The number of aliphatic hydroxyl groups is 1. The second kappa shape index (κ2) is 6.55. The molecule has 1 amide bonds. The first-order valence-corrected chi connectivity index (χ1v) is 5.34. The maximum atomic E-state index is 12.3. The van der Waals surface area contributed by atoms with Crippen LogP contribution in [0.4, 0.5) is 13.2 Å². The van der Waals surface area contributed by atoms with Gasteiger partial charge in [0.05, 0.1) is 19.4 Å². The lowest BCUT2D eigenvalue weighted by molar-refractivity contribution is -0.148. The molecule has 0 aromatic carbocycles. The molecule has 0 radical (unpaired) electrons. The third kappa shape index (κ3) is 4.89. The summed E-state index contributed by atoms with van der Waals surface area (Å²) in [5.74, 6) is 4.06. The molecule has 108 valence electrons. The van der Waals surface area contributed by atoms with Gasteiger partial charge in [-0.25, -0.2) is 5.84 Å². The first-order chi connectivity index (χ1) is 8.87. The third-order valence-electron chi connectivity index (χ3n) is 2.30. The zero-order valence-corrected chi connectivity index (χ0v) is 9.91. The standard InChI is InChI=1S/C10H14F3N3O3/c11-10(12,13)6-16(2-3-17)5-7-1-4-19-8(7)9(18)15-14/h1,4,17H,2-3,5-6,14H2,(H,15,18). The molecule has 1 heterocycles. The maximum Gasteiger partial charge on any atom is 0.401 e. The quantitative estimate of drug-likeness (QED) is 0.395. The van der Waals surface area contributed by atoms with Gasteiger partial charge < -0.3 is 9.52 Å². The Morgan fingerprint density at radius 2 is 2.21 bits per heavy atom. The summed E-state index contributed by atoms with van der Waals surface area (Å²) < 4.78 is 41.9. The van der Waals surface area contributed by atoms with E-state index in [1.54, 1.807) is 0 Å². The van der Waals surface area contributed by atoms with Gasteiger partial charge in [0.25, 0.3) is 0 Å². The van der Waals surface area contributed by atoms with Crippen molar-refractivity contribution in [2.45, 2.75) is 12.7 Å². The first-order valence-electron chi connectivity index (χ1n) is 5.34. The molecule has 0 aliphatic carbocycles. The van der Waals surface area contributed by atoms with Crippen LogP contribution in [-0.2, 0) is 6.54 Å². The van der Waals surface area contributed by atoms with Gasteiger partial charge in [0.2, 0.25) is 0 Å². The minimum Gasteiger partial charge on any atom is -0.459 e. The molecule has 0 unspecified atom stereocenters. The molecule has 4 N–H and O–H groups in total. The molecule has 0 fully saturated rings. The van der Waals surface area contributed by atoms with Crippen molar-refractivity contribution in [3.8, 4) is 0 Å². The van der Waals surface area contributed by atoms with Crippen molar-refractivity contribution in [2.75, 3.05) is 19.7 Å². The van der Waals surface area contributed by atoms with Gasteiger partial charge >= 0.3 is 12.1 Å². The first kappa shape index (κ1) is 15.5. The fourth-order valence-corrected chi connectivity index (χ4v) is 1.57. The summed E-state index contributed by atoms with van der Waals surface area (Å²) in [6, 6.07) is 1.38. The van der Waals surface area contributed by atoms with Gasteiger partial charge in [0.15, 0.2) is 5.76 Å². The number of nitrogens with one attached hydrogen (secondary N) is 1. The van der Waals surface area contributed by atoms with E-state index in [0.717, 1.165) is 4.90 Å². The zero-order valence-electron chi connectivity index (χ0n) is 9.91. The van der Waals surface area contributed by atoms with Gasteiger partial charge in [-0.2, -0.15) is 13.2 Å². The number of rotatable bonds is 6. The number of nitrogens with two attached hydrogens (primary N) is 1. The number of aliphatic hydroxyl groups excluding tert-OH is 1. The topological polar surface area (TPSA) is 91.7 Å². The van der Waals surface area contributed by atoms with Gasteiger partial charge in [0, 0.05) is 18.7 Å². The van der Waals surface area contributed by atoms with Crippen LogP contribution in [0.3, 0.4) is 0 Å². The Labute approximate surface area is 106 Å². The Morgan fingerprint density at radius 3 is 2.74 bits per heavy atom. The summed E-state index contributed by atoms with van der Waals surface area (Å²) in [5.41, 5.74) is 2.10. The van der Waals surface area contributed by atoms with Crippen molar-refractivity contribution < 1.29 is 27.5 Å².